The number of hydrogen-bond acceptors (Lipinski definition) is 4. The van der Waals surface area contributed by atoms with Crippen molar-refractivity contribution in [1.29, 1.82) is 0 Å². The summed E-state index contributed by atoms with van der Waals surface area (Å²) in [4.78, 5) is 0.0781. The van der Waals surface area contributed by atoms with E-state index in [9.17, 15) is 16.8 Å². The molecule has 0 unspecified atom stereocenters. The van der Waals surface area contributed by atoms with Crippen LogP contribution in [0.4, 0.5) is 0 Å². The van der Waals surface area contributed by atoms with Gasteiger partial charge in [0.05, 0.1) is 9.79 Å². The zero-order chi connectivity index (χ0) is 24.2. The molecule has 0 aliphatic heterocycles. The summed E-state index contributed by atoms with van der Waals surface area (Å²) in [7, 11) is -7.64. The highest BCUT2D eigenvalue weighted by Gasteiger charge is 2.27. The highest BCUT2D eigenvalue weighted by atomic mass is 35.5. The van der Waals surface area contributed by atoms with Crippen LogP contribution in [0, 0.1) is 0 Å². The van der Waals surface area contributed by atoms with E-state index in [0.29, 0.717) is 10.6 Å². The molecule has 9 heteroatoms. The minimum Gasteiger partial charge on any atom is -0.208 e. The molecule has 0 radical (unpaired) electrons. The molecule has 1 aliphatic rings. The first-order chi connectivity index (χ1) is 16.3. The topological polar surface area (TPSA) is 83.5 Å². The fourth-order valence-corrected chi connectivity index (χ4v) is 7.01. The summed E-state index contributed by atoms with van der Waals surface area (Å²) < 4.78 is 56.7. The minimum absolute atomic E-state index is 0.0234. The number of hydrogen-bond donors (Lipinski definition) is 1. The largest absolute Gasteiger partial charge is 0.243 e. The van der Waals surface area contributed by atoms with Gasteiger partial charge in [-0.15, -0.1) is 0 Å². The summed E-state index contributed by atoms with van der Waals surface area (Å²) in [5.74, 6) is 0. The minimum atomic E-state index is -3.94. The monoisotopic (exact) mass is 518 g/mol. The number of halogens is 1. The van der Waals surface area contributed by atoms with Crippen molar-refractivity contribution in [1.82, 2.24) is 9.03 Å². The quantitative estimate of drug-likeness (QED) is 0.434. The van der Waals surface area contributed by atoms with Gasteiger partial charge in [0.1, 0.15) is 0 Å². The molecule has 180 valence electrons. The molecule has 6 nitrogen and oxygen atoms in total. The lowest BCUT2D eigenvalue weighted by atomic mass is 10.2. The molecule has 4 rings (SSSR count). The van der Waals surface area contributed by atoms with Gasteiger partial charge in [-0.3, -0.25) is 0 Å². The molecule has 0 spiro atoms. The molecule has 1 saturated carbocycles. The van der Waals surface area contributed by atoms with Gasteiger partial charge in [0.25, 0.3) is 0 Å². The van der Waals surface area contributed by atoms with E-state index in [4.69, 9.17) is 11.6 Å². The van der Waals surface area contributed by atoms with Crippen molar-refractivity contribution >= 4 is 31.6 Å². The van der Waals surface area contributed by atoms with E-state index in [1.54, 1.807) is 18.2 Å². The third kappa shape index (κ3) is 5.87. The average molecular weight is 519 g/mol. The summed E-state index contributed by atoms with van der Waals surface area (Å²) in [5, 5.41) is 0.482. The SMILES string of the molecule is O=S(=O)(NC1CCCC1)c1ccc(S(=O)(=O)N(Cc2ccccc2)Cc2ccccc2Cl)cc1. The van der Waals surface area contributed by atoms with E-state index in [2.05, 4.69) is 4.72 Å². The van der Waals surface area contributed by atoms with Crippen molar-refractivity contribution in [3.8, 4) is 0 Å². The average Bonchev–Trinajstić information content (AvgIpc) is 3.33. The summed E-state index contributed by atoms with van der Waals surface area (Å²) in [6, 6.07) is 21.7. The highest BCUT2D eigenvalue weighted by Crippen LogP contribution is 2.26. The van der Waals surface area contributed by atoms with E-state index in [0.717, 1.165) is 31.2 Å². The Morgan fingerprint density at radius 2 is 1.35 bits per heavy atom. The first-order valence-corrected chi connectivity index (χ1v) is 14.5. The molecule has 0 bridgehead atoms. The van der Waals surface area contributed by atoms with Crippen molar-refractivity contribution in [2.24, 2.45) is 0 Å². The van der Waals surface area contributed by atoms with E-state index in [1.165, 1.54) is 28.6 Å². The first kappa shape index (κ1) is 24.9. The number of benzene rings is 3. The van der Waals surface area contributed by atoms with E-state index < -0.39 is 20.0 Å². The van der Waals surface area contributed by atoms with E-state index >= 15 is 0 Å². The van der Waals surface area contributed by atoms with Crippen LogP contribution in [0.2, 0.25) is 5.02 Å². The van der Waals surface area contributed by atoms with Gasteiger partial charge in [-0.25, -0.2) is 21.6 Å². The van der Waals surface area contributed by atoms with E-state index in [1.807, 2.05) is 36.4 Å². The summed E-state index contributed by atoms with van der Waals surface area (Å²) in [6.07, 6.45) is 3.66. The van der Waals surface area contributed by atoms with Crippen molar-refractivity contribution in [3.05, 3.63) is 95.0 Å². The lowest BCUT2D eigenvalue weighted by Gasteiger charge is -2.23. The number of rotatable bonds is 9. The first-order valence-electron chi connectivity index (χ1n) is 11.2. The molecular formula is C25H27ClN2O4S2. The maximum atomic E-state index is 13.6. The van der Waals surface area contributed by atoms with Crippen LogP contribution in [0.3, 0.4) is 0 Å². The Morgan fingerprint density at radius 1 is 0.765 bits per heavy atom. The van der Waals surface area contributed by atoms with Crippen LogP contribution in [0.5, 0.6) is 0 Å². The smallest absolute Gasteiger partial charge is 0.208 e. The third-order valence-corrected chi connectivity index (χ3v) is 9.67. The Balaban J connectivity index is 1.62. The second-order valence-electron chi connectivity index (χ2n) is 8.42. The molecule has 1 aliphatic carbocycles. The Labute approximate surface area is 206 Å². The zero-order valence-corrected chi connectivity index (χ0v) is 21.0. The van der Waals surface area contributed by atoms with Gasteiger partial charge in [-0.1, -0.05) is 73.0 Å². The Hall–Kier alpha value is -2.23. The van der Waals surface area contributed by atoms with Crippen LogP contribution in [-0.4, -0.2) is 27.2 Å². The van der Waals surface area contributed by atoms with Gasteiger partial charge >= 0.3 is 0 Å². The second-order valence-corrected chi connectivity index (χ2v) is 12.5. The van der Waals surface area contributed by atoms with Crippen LogP contribution >= 0.6 is 11.6 Å². The molecule has 0 heterocycles. The molecular weight excluding hydrogens is 492 g/mol. The second kappa shape index (κ2) is 10.6. The Kier molecular flexibility index (Phi) is 7.74. The number of nitrogens with one attached hydrogen (secondary N) is 1. The summed E-state index contributed by atoms with van der Waals surface area (Å²) in [6.45, 7) is 0.234. The Morgan fingerprint density at radius 3 is 2.00 bits per heavy atom. The van der Waals surface area contributed by atoms with Crippen molar-refractivity contribution in [3.63, 3.8) is 0 Å². The number of sulfonamides is 2. The third-order valence-electron chi connectivity index (χ3n) is 5.96. The van der Waals surface area contributed by atoms with Crippen LogP contribution in [0.1, 0.15) is 36.8 Å². The van der Waals surface area contributed by atoms with Gasteiger partial charge in [0.15, 0.2) is 0 Å². The van der Waals surface area contributed by atoms with Crippen molar-refractivity contribution in [2.45, 2.75) is 54.6 Å². The van der Waals surface area contributed by atoms with Gasteiger partial charge in [-0.2, -0.15) is 4.31 Å². The van der Waals surface area contributed by atoms with Gasteiger partial charge in [0, 0.05) is 24.2 Å². The van der Waals surface area contributed by atoms with Crippen LogP contribution in [0.15, 0.2) is 88.7 Å². The fourth-order valence-electron chi connectivity index (χ4n) is 4.10. The maximum Gasteiger partial charge on any atom is 0.243 e. The molecule has 1 N–H and O–H groups in total. The zero-order valence-electron chi connectivity index (χ0n) is 18.6. The van der Waals surface area contributed by atoms with Crippen molar-refractivity contribution < 1.29 is 16.8 Å². The lowest BCUT2D eigenvalue weighted by molar-refractivity contribution is 0.401. The Bertz CT molecular complexity index is 1320. The molecule has 0 amide bonds. The molecule has 1 fully saturated rings. The highest BCUT2D eigenvalue weighted by molar-refractivity contribution is 7.89. The van der Waals surface area contributed by atoms with Crippen LogP contribution in [-0.2, 0) is 33.1 Å². The lowest BCUT2D eigenvalue weighted by Crippen LogP contribution is -2.33. The maximum absolute atomic E-state index is 13.6. The van der Waals surface area contributed by atoms with Gasteiger partial charge in [0.2, 0.25) is 20.0 Å². The standard InChI is InChI=1S/C25H27ClN2O4S2/c26-25-13-7-4-10-21(25)19-28(18-20-8-2-1-3-9-20)34(31,32)24-16-14-23(15-17-24)33(29,30)27-22-11-5-6-12-22/h1-4,7-10,13-17,22,27H,5-6,11-12,18-19H2. The van der Waals surface area contributed by atoms with Crippen LogP contribution < -0.4 is 4.72 Å². The summed E-state index contributed by atoms with van der Waals surface area (Å²) in [5.41, 5.74) is 1.52. The summed E-state index contributed by atoms with van der Waals surface area (Å²) >= 11 is 6.31. The molecule has 0 saturated heterocycles. The molecule has 3 aromatic carbocycles. The van der Waals surface area contributed by atoms with E-state index in [-0.39, 0.29) is 28.9 Å². The fraction of sp³-hybridized carbons (Fsp3) is 0.280. The van der Waals surface area contributed by atoms with Crippen molar-refractivity contribution in [2.75, 3.05) is 0 Å². The molecule has 0 aromatic heterocycles. The number of nitrogens with zero attached hydrogens (tertiary/aromatic N) is 1. The molecule has 34 heavy (non-hydrogen) atoms. The predicted octanol–water partition coefficient (Wildman–Crippen LogP) is 4.95. The van der Waals surface area contributed by atoms with Crippen LogP contribution in [0.25, 0.3) is 0 Å². The van der Waals surface area contributed by atoms with Gasteiger partial charge in [-0.05, 0) is 54.3 Å². The predicted molar refractivity (Wildman–Crippen MR) is 133 cm³/mol. The normalized spacial score (nSPS) is 15.1. The molecule has 3 aromatic rings. The molecule has 0 atom stereocenters. The van der Waals surface area contributed by atoms with Gasteiger partial charge < -0.3 is 0 Å².